The fraction of sp³-hybridized carbons (Fsp3) is 0.320. The molecule has 34 heavy (non-hydrogen) atoms. The second-order valence-corrected chi connectivity index (χ2v) is 8.62. The zero-order valence-electron chi connectivity index (χ0n) is 18.7. The van der Waals surface area contributed by atoms with Crippen molar-refractivity contribution in [2.24, 2.45) is 0 Å². The van der Waals surface area contributed by atoms with Gasteiger partial charge in [-0.3, -0.25) is 9.69 Å². The van der Waals surface area contributed by atoms with E-state index in [0.717, 1.165) is 24.2 Å². The third-order valence-corrected chi connectivity index (χ3v) is 6.42. The van der Waals surface area contributed by atoms with Gasteiger partial charge in [-0.15, -0.1) is 0 Å². The minimum atomic E-state index is -0.419. The molecule has 5 rings (SSSR count). The first kappa shape index (κ1) is 22.1. The van der Waals surface area contributed by atoms with Crippen molar-refractivity contribution < 1.29 is 19.0 Å². The zero-order valence-corrected chi connectivity index (χ0v) is 18.7. The molecular weight excluding hydrogens is 437 g/mol. The minimum absolute atomic E-state index is 0.0367. The number of fused-ring (bicyclic) bond motifs is 1. The number of hydrogen-bond donors (Lipinski definition) is 2. The fourth-order valence-corrected chi connectivity index (χ4v) is 4.55. The Kier molecular flexibility index (Phi) is 5.77. The molecule has 1 aromatic carbocycles. The summed E-state index contributed by atoms with van der Waals surface area (Å²) in [6.45, 7) is 2.52. The summed E-state index contributed by atoms with van der Waals surface area (Å²) in [5.41, 5.74) is 3.98. The maximum atomic E-state index is 14.1. The number of nitrogens with one attached hydrogen (secondary N) is 1. The molecule has 0 radical (unpaired) electrons. The molecule has 8 nitrogen and oxygen atoms in total. The van der Waals surface area contributed by atoms with Gasteiger partial charge in [0, 0.05) is 54.6 Å². The number of H-pyrrole nitrogens is 1. The van der Waals surface area contributed by atoms with E-state index in [9.17, 15) is 19.6 Å². The number of aromatic amines is 1. The Morgan fingerprint density at radius 2 is 2.21 bits per heavy atom. The number of pyridine rings is 1. The van der Waals surface area contributed by atoms with Crippen LogP contribution in [0.2, 0.25) is 0 Å². The van der Waals surface area contributed by atoms with Crippen molar-refractivity contribution in [3.05, 3.63) is 53.6 Å². The molecule has 9 heteroatoms. The average Bonchev–Trinajstić information content (AvgIpc) is 3.26. The molecule has 2 aliphatic rings. The Morgan fingerprint density at radius 3 is 2.88 bits per heavy atom. The molecule has 2 N–H and O–H groups in total. The lowest BCUT2D eigenvalue weighted by Crippen LogP contribution is -2.56. The van der Waals surface area contributed by atoms with Gasteiger partial charge in [-0.05, 0) is 36.3 Å². The maximum Gasteiger partial charge on any atom is 0.236 e. The lowest BCUT2D eigenvalue weighted by molar-refractivity contribution is -0.142. The number of amides is 1. The van der Waals surface area contributed by atoms with Crippen LogP contribution in [0.1, 0.15) is 17.7 Å². The van der Waals surface area contributed by atoms with Gasteiger partial charge < -0.3 is 19.7 Å². The molecule has 174 valence electrons. The van der Waals surface area contributed by atoms with Crippen LogP contribution in [0.3, 0.4) is 0 Å². The standard InChI is InChI=1S/C25H24FN5O3/c1-34-22-3-2-17(26)8-19(22)24-16(10-27)11-28-25-20(24)9-21(29-25)15-4-6-30(7-5-15)14-23(33)31-12-18(32)13-31/h2-4,8-9,11,18,32H,5-7,12-14H2,1H3,(H,28,29). The molecule has 0 aliphatic carbocycles. The van der Waals surface area contributed by atoms with Crippen molar-refractivity contribution in [2.45, 2.75) is 12.5 Å². The van der Waals surface area contributed by atoms with E-state index in [-0.39, 0.29) is 5.91 Å². The first-order valence-electron chi connectivity index (χ1n) is 11.1. The number of carbonyl (C=O) groups is 1. The van der Waals surface area contributed by atoms with E-state index < -0.39 is 11.9 Å². The summed E-state index contributed by atoms with van der Waals surface area (Å²) in [5, 5.41) is 19.8. The van der Waals surface area contributed by atoms with Crippen LogP contribution >= 0.6 is 0 Å². The van der Waals surface area contributed by atoms with Crippen molar-refractivity contribution in [3.63, 3.8) is 0 Å². The number of likely N-dealkylation sites (tertiary alicyclic amines) is 1. The molecule has 1 amide bonds. The number of aliphatic hydroxyl groups excluding tert-OH is 1. The van der Waals surface area contributed by atoms with Crippen LogP contribution in [0.4, 0.5) is 4.39 Å². The summed E-state index contributed by atoms with van der Waals surface area (Å²) in [6.07, 6.45) is 3.91. The molecular formula is C25H24FN5O3. The Balaban J connectivity index is 1.44. The van der Waals surface area contributed by atoms with Gasteiger partial charge in [0.05, 0.1) is 25.3 Å². The van der Waals surface area contributed by atoms with Crippen LogP contribution < -0.4 is 4.74 Å². The predicted molar refractivity (Wildman–Crippen MR) is 124 cm³/mol. The van der Waals surface area contributed by atoms with Gasteiger partial charge in [0.25, 0.3) is 0 Å². The summed E-state index contributed by atoms with van der Waals surface area (Å²) >= 11 is 0. The second-order valence-electron chi connectivity index (χ2n) is 8.62. The van der Waals surface area contributed by atoms with E-state index in [1.165, 1.54) is 25.4 Å². The van der Waals surface area contributed by atoms with E-state index in [1.54, 1.807) is 11.0 Å². The lowest BCUT2D eigenvalue weighted by Gasteiger charge is -2.37. The highest BCUT2D eigenvalue weighted by molar-refractivity contribution is 5.99. The molecule has 0 atom stereocenters. The largest absolute Gasteiger partial charge is 0.496 e. The number of hydrogen-bond acceptors (Lipinski definition) is 6. The van der Waals surface area contributed by atoms with Crippen LogP contribution in [0.5, 0.6) is 5.75 Å². The third kappa shape index (κ3) is 4.02. The number of carbonyl (C=O) groups excluding carboxylic acids is 1. The van der Waals surface area contributed by atoms with Crippen molar-refractivity contribution in [1.82, 2.24) is 19.8 Å². The molecule has 1 fully saturated rings. The predicted octanol–water partition coefficient (Wildman–Crippen LogP) is 2.54. The molecule has 3 aromatic rings. The Hall–Kier alpha value is -3.74. The number of β-amino-alcohol motifs (C(OH)–C–C–N with tert-alkyl or cyclic N) is 1. The molecule has 4 heterocycles. The summed E-state index contributed by atoms with van der Waals surface area (Å²) in [6, 6.07) is 8.34. The molecule has 0 bridgehead atoms. The topological polar surface area (TPSA) is 105 Å². The van der Waals surface area contributed by atoms with Crippen LogP contribution in [0.15, 0.2) is 36.5 Å². The number of aromatic nitrogens is 2. The highest BCUT2D eigenvalue weighted by Gasteiger charge is 2.30. The normalized spacial score (nSPS) is 16.8. The minimum Gasteiger partial charge on any atom is -0.496 e. The number of methoxy groups -OCH3 is 1. The van der Waals surface area contributed by atoms with Gasteiger partial charge in [0.1, 0.15) is 23.3 Å². The van der Waals surface area contributed by atoms with Crippen molar-refractivity contribution in [3.8, 4) is 22.9 Å². The van der Waals surface area contributed by atoms with Crippen LogP contribution in [0, 0.1) is 17.1 Å². The zero-order chi connectivity index (χ0) is 23.8. The molecule has 2 aromatic heterocycles. The lowest BCUT2D eigenvalue weighted by atomic mass is 9.97. The van der Waals surface area contributed by atoms with Gasteiger partial charge in [-0.2, -0.15) is 5.26 Å². The number of rotatable bonds is 5. The fourth-order valence-electron chi connectivity index (χ4n) is 4.55. The first-order chi connectivity index (χ1) is 16.5. The van der Waals surface area contributed by atoms with E-state index in [0.29, 0.717) is 59.7 Å². The van der Waals surface area contributed by atoms with E-state index in [1.807, 2.05) is 6.07 Å². The van der Waals surface area contributed by atoms with E-state index >= 15 is 0 Å². The number of halogens is 1. The summed E-state index contributed by atoms with van der Waals surface area (Å²) in [4.78, 5) is 23.8. The maximum absolute atomic E-state index is 14.1. The van der Waals surface area contributed by atoms with Gasteiger partial charge in [-0.1, -0.05) is 6.08 Å². The van der Waals surface area contributed by atoms with Crippen molar-refractivity contribution in [1.29, 1.82) is 5.26 Å². The molecule has 0 spiro atoms. The molecule has 0 saturated carbocycles. The van der Waals surface area contributed by atoms with Crippen LogP contribution in [-0.4, -0.2) is 76.7 Å². The highest BCUT2D eigenvalue weighted by atomic mass is 19.1. The molecule has 1 saturated heterocycles. The number of aliphatic hydroxyl groups is 1. The summed E-state index contributed by atoms with van der Waals surface area (Å²) < 4.78 is 19.5. The van der Waals surface area contributed by atoms with E-state index in [2.05, 4.69) is 27.0 Å². The Bertz CT molecular complexity index is 1340. The average molecular weight is 461 g/mol. The number of benzene rings is 1. The van der Waals surface area contributed by atoms with Gasteiger partial charge in [0.15, 0.2) is 0 Å². The molecule has 0 unspecified atom stereocenters. The Labute approximate surface area is 195 Å². The monoisotopic (exact) mass is 461 g/mol. The van der Waals surface area contributed by atoms with E-state index in [4.69, 9.17) is 4.74 Å². The summed E-state index contributed by atoms with van der Waals surface area (Å²) in [5.74, 6) is 0.0903. The number of nitriles is 1. The number of nitrogens with zero attached hydrogens (tertiary/aromatic N) is 4. The summed E-state index contributed by atoms with van der Waals surface area (Å²) in [7, 11) is 1.51. The Morgan fingerprint density at radius 1 is 1.38 bits per heavy atom. The molecule has 2 aliphatic heterocycles. The third-order valence-electron chi connectivity index (χ3n) is 6.42. The first-order valence-corrected chi connectivity index (χ1v) is 11.1. The van der Waals surface area contributed by atoms with Crippen molar-refractivity contribution in [2.75, 3.05) is 39.8 Å². The van der Waals surface area contributed by atoms with Crippen LogP contribution in [0.25, 0.3) is 27.7 Å². The SMILES string of the molecule is COc1ccc(F)cc1-c1c(C#N)cnc2[nH]c(C3=CCN(CC(=O)N4CC(O)C4)CC3)cc12. The smallest absolute Gasteiger partial charge is 0.236 e. The van der Waals surface area contributed by atoms with Crippen molar-refractivity contribution >= 4 is 22.5 Å². The second kappa shape index (κ2) is 8.89. The highest BCUT2D eigenvalue weighted by Crippen LogP contribution is 2.38. The van der Waals surface area contributed by atoms with Crippen LogP contribution in [-0.2, 0) is 4.79 Å². The van der Waals surface area contributed by atoms with Gasteiger partial charge in [0.2, 0.25) is 5.91 Å². The van der Waals surface area contributed by atoms with Gasteiger partial charge >= 0.3 is 0 Å². The van der Waals surface area contributed by atoms with Gasteiger partial charge in [-0.25, -0.2) is 9.37 Å². The quantitative estimate of drug-likeness (QED) is 0.605. The number of ether oxygens (including phenoxy) is 1.